The third kappa shape index (κ3) is 4.92. The van der Waals surface area contributed by atoms with Crippen molar-refractivity contribution in [3.05, 3.63) is 59.8 Å². The van der Waals surface area contributed by atoms with Crippen LogP contribution in [0.2, 0.25) is 0 Å². The number of rotatable bonds is 9. The number of aromatic nitrogens is 1. The number of benzene rings is 2. The number of aliphatic carboxylic acids is 1. The molecular formula is C24H26N2O6. The van der Waals surface area contributed by atoms with Gasteiger partial charge in [-0.25, -0.2) is 4.79 Å². The zero-order valence-electron chi connectivity index (χ0n) is 18.0. The van der Waals surface area contributed by atoms with Crippen molar-refractivity contribution < 1.29 is 28.9 Å². The van der Waals surface area contributed by atoms with Crippen LogP contribution in [0.25, 0.3) is 10.9 Å². The zero-order chi connectivity index (χ0) is 22.5. The van der Waals surface area contributed by atoms with Crippen LogP contribution in [0.15, 0.2) is 48.7 Å². The average molecular weight is 438 g/mol. The summed E-state index contributed by atoms with van der Waals surface area (Å²) in [6.07, 6.45) is 1.87. The van der Waals surface area contributed by atoms with Gasteiger partial charge < -0.3 is 23.9 Å². The first-order chi connectivity index (χ1) is 15.5. The summed E-state index contributed by atoms with van der Waals surface area (Å²) in [7, 11) is 1.58. The first kappa shape index (κ1) is 21.9. The van der Waals surface area contributed by atoms with Crippen molar-refractivity contribution >= 4 is 22.7 Å². The number of carboxylic acids is 1. The van der Waals surface area contributed by atoms with Crippen molar-refractivity contribution in [2.45, 2.75) is 6.54 Å². The molecule has 0 radical (unpaired) electrons. The molecule has 0 unspecified atom stereocenters. The fourth-order valence-electron chi connectivity index (χ4n) is 3.85. The zero-order valence-corrected chi connectivity index (χ0v) is 18.0. The average Bonchev–Trinajstić information content (AvgIpc) is 3.19. The van der Waals surface area contributed by atoms with Crippen molar-refractivity contribution in [1.82, 2.24) is 9.47 Å². The van der Waals surface area contributed by atoms with Gasteiger partial charge in [0.05, 0.1) is 20.3 Å². The lowest BCUT2D eigenvalue weighted by molar-refractivity contribution is -0.139. The molecule has 0 bridgehead atoms. The molecule has 2 heterocycles. The van der Waals surface area contributed by atoms with E-state index in [-0.39, 0.29) is 5.78 Å². The van der Waals surface area contributed by atoms with Gasteiger partial charge in [-0.15, -0.1) is 0 Å². The standard InChI is InChI=1S/C24H26N2O6/c1-30-18-4-2-17(3-5-18)24(29)21-15-26(9-8-25-10-12-31-13-11-25)22-7-6-19(14-20(21)22)32-16-23(27)28/h2-7,14-15H,8-13,16H2,1H3,(H,27,28). The predicted molar refractivity (Wildman–Crippen MR) is 119 cm³/mol. The van der Waals surface area contributed by atoms with Gasteiger partial charge in [0.2, 0.25) is 0 Å². The number of methoxy groups -OCH3 is 1. The molecule has 1 aromatic heterocycles. The van der Waals surface area contributed by atoms with Gasteiger partial charge in [0.25, 0.3) is 0 Å². The number of carboxylic acid groups (broad SMARTS) is 1. The van der Waals surface area contributed by atoms with Gasteiger partial charge in [-0.2, -0.15) is 0 Å². The number of nitrogens with zero attached hydrogens (tertiary/aromatic N) is 2. The van der Waals surface area contributed by atoms with E-state index < -0.39 is 12.6 Å². The van der Waals surface area contributed by atoms with E-state index in [0.29, 0.717) is 22.6 Å². The molecular weight excluding hydrogens is 412 g/mol. The van der Waals surface area contributed by atoms with Crippen LogP contribution >= 0.6 is 0 Å². The quantitative estimate of drug-likeness (QED) is 0.514. The molecule has 0 spiro atoms. The Labute approximate surface area is 185 Å². The van der Waals surface area contributed by atoms with E-state index in [1.54, 1.807) is 43.5 Å². The molecule has 8 heteroatoms. The molecule has 1 fully saturated rings. The number of carbonyl (C=O) groups excluding carboxylic acids is 1. The fraction of sp³-hybridized carbons (Fsp3) is 0.333. The highest BCUT2D eigenvalue weighted by atomic mass is 16.5. The summed E-state index contributed by atoms with van der Waals surface area (Å²) in [6.45, 7) is 4.39. The second-order valence-corrected chi connectivity index (χ2v) is 7.61. The normalized spacial score (nSPS) is 14.4. The Morgan fingerprint density at radius 2 is 1.75 bits per heavy atom. The Morgan fingerprint density at radius 1 is 1.03 bits per heavy atom. The largest absolute Gasteiger partial charge is 0.497 e. The molecule has 8 nitrogen and oxygen atoms in total. The molecule has 168 valence electrons. The number of fused-ring (bicyclic) bond motifs is 1. The van der Waals surface area contributed by atoms with E-state index >= 15 is 0 Å². The molecule has 0 atom stereocenters. The maximum atomic E-state index is 13.3. The van der Waals surface area contributed by atoms with Crippen LogP contribution in [-0.2, 0) is 16.1 Å². The maximum Gasteiger partial charge on any atom is 0.341 e. The fourth-order valence-corrected chi connectivity index (χ4v) is 3.85. The molecule has 1 saturated heterocycles. The molecule has 32 heavy (non-hydrogen) atoms. The van der Waals surface area contributed by atoms with Crippen LogP contribution in [0.1, 0.15) is 15.9 Å². The molecule has 1 aliphatic heterocycles. The van der Waals surface area contributed by atoms with E-state index in [1.165, 1.54) is 0 Å². The number of carbonyl (C=O) groups is 2. The van der Waals surface area contributed by atoms with E-state index in [0.717, 1.165) is 50.3 Å². The highest BCUT2D eigenvalue weighted by molar-refractivity contribution is 6.16. The minimum Gasteiger partial charge on any atom is -0.497 e. The van der Waals surface area contributed by atoms with Crippen LogP contribution < -0.4 is 9.47 Å². The first-order valence-corrected chi connectivity index (χ1v) is 10.5. The summed E-state index contributed by atoms with van der Waals surface area (Å²) in [5, 5.41) is 9.65. The first-order valence-electron chi connectivity index (χ1n) is 10.5. The van der Waals surface area contributed by atoms with Crippen molar-refractivity contribution in [3.8, 4) is 11.5 Å². The number of hydrogen-bond acceptors (Lipinski definition) is 6. The molecule has 3 aromatic rings. The summed E-state index contributed by atoms with van der Waals surface area (Å²) in [5.74, 6) is -0.0747. The van der Waals surface area contributed by atoms with Gasteiger partial charge >= 0.3 is 5.97 Å². The van der Waals surface area contributed by atoms with Gasteiger partial charge in [0.1, 0.15) is 11.5 Å². The Balaban J connectivity index is 1.66. The highest BCUT2D eigenvalue weighted by Crippen LogP contribution is 2.28. The summed E-state index contributed by atoms with van der Waals surface area (Å²) in [5.41, 5.74) is 2.00. The minimum atomic E-state index is -1.05. The van der Waals surface area contributed by atoms with Crippen molar-refractivity contribution in [1.29, 1.82) is 0 Å². The van der Waals surface area contributed by atoms with Crippen molar-refractivity contribution in [3.63, 3.8) is 0 Å². The minimum absolute atomic E-state index is 0.113. The number of ketones is 1. The monoisotopic (exact) mass is 438 g/mol. The molecule has 4 rings (SSSR count). The van der Waals surface area contributed by atoms with Crippen LogP contribution in [0, 0.1) is 0 Å². The smallest absolute Gasteiger partial charge is 0.341 e. The van der Waals surface area contributed by atoms with Crippen LogP contribution in [0.4, 0.5) is 0 Å². The van der Waals surface area contributed by atoms with E-state index in [4.69, 9.17) is 19.3 Å². The second-order valence-electron chi connectivity index (χ2n) is 7.61. The Morgan fingerprint density at radius 3 is 2.44 bits per heavy atom. The predicted octanol–water partition coefficient (Wildman–Crippen LogP) is 2.68. The van der Waals surface area contributed by atoms with Crippen molar-refractivity contribution in [2.75, 3.05) is 46.6 Å². The Kier molecular flexibility index (Phi) is 6.72. The topological polar surface area (TPSA) is 90.2 Å². The number of ether oxygens (including phenoxy) is 3. The van der Waals surface area contributed by atoms with Crippen molar-refractivity contribution in [2.24, 2.45) is 0 Å². The lowest BCUT2D eigenvalue weighted by Gasteiger charge is -2.26. The summed E-state index contributed by atoms with van der Waals surface area (Å²) in [4.78, 5) is 26.6. The second kappa shape index (κ2) is 9.84. The van der Waals surface area contributed by atoms with E-state index in [1.807, 2.05) is 12.3 Å². The molecule has 0 saturated carbocycles. The summed E-state index contributed by atoms with van der Waals surface area (Å²) < 4.78 is 18.0. The van der Waals surface area contributed by atoms with Gasteiger partial charge in [0.15, 0.2) is 12.4 Å². The summed E-state index contributed by atoms with van der Waals surface area (Å²) >= 11 is 0. The lowest BCUT2D eigenvalue weighted by atomic mass is 10.0. The third-order valence-corrected chi connectivity index (χ3v) is 5.57. The van der Waals surface area contributed by atoms with E-state index in [9.17, 15) is 9.59 Å². The van der Waals surface area contributed by atoms with Gasteiger partial charge in [-0.1, -0.05) is 0 Å². The Bertz CT molecular complexity index is 1100. The molecule has 0 amide bonds. The van der Waals surface area contributed by atoms with Crippen LogP contribution in [0.3, 0.4) is 0 Å². The molecule has 0 aliphatic carbocycles. The van der Waals surface area contributed by atoms with Gasteiger partial charge in [-0.05, 0) is 42.5 Å². The van der Waals surface area contributed by atoms with Crippen LogP contribution in [-0.4, -0.2) is 72.9 Å². The summed E-state index contributed by atoms with van der Waals surface area (Å²) in [6, 6.07) is 12.3. The third-order valence-electron chi connectivity index (χ3n) is 5.57. The van der Waals surface area contributed by atoms with Gasteiger partial charge in [0, 0.05) is 54.4 Å². The van der Waals surface area contributed by atoms with E-state index in [2.05, 4.69) is 9.47 Å². The SMILES string of the molecule is COc1ccc(C(=O)c2cn(CCN3CCOCC3)c3ccc(OCC(=O)O)cc23)cc1. The number of morpholine rings is 1. The molecule has 1 aliphatic rings. The lowest BCUT2D eigenvalue weighted by Crippen LogP contribution is -2.38. The number of hydrogen-bond donors (Lipinski definition) is 1. The molecule has 1 N–H and O–H groups in total. The van der Waals surface area contributed by atoms with Crippen LogP contribution in [0.5, 0.6) is 11.5 Å². The maximum absolute atomic E-state index is 13.3. The van der Waals surface area contributed by atoms with Gasteiger partial charge in [-0.3, -0.25) is 9.69 Å². The highest BCUT2D eigenvalue weighted by Gasteiger charge is 2.19. The molecule has 2 aromatic carbocycles. The Hall–Kier alpha value is -3.36.